The van der Waals surface area contributed by atoms with E-state index in [0.717, 1.165) is 0 Å². The van der Waals surface area contributed by atoms with Gasteiger partial charge in [-0.3, -0.25) is 9.59 Å². The minimum absolute atomic E-state index is 0.0669. The van der Waals surface area contributed by atoms with Crippen LogP contribution in [0, 0.1) is 0 Å². The van der Waals surface area contributed by atoms with Gasteiger partial charge in [0.15, 0.2) is 5.76 Å². The van der Waals surface area contributed by atoms with Gasteiger partial charge in [-0.1, -0.05) is 58.0 Å². The Labute approximate surface area is 183 Å². The summed E-state index contributed by atoms with van der Waals surface area (Å²) in [6.07, 6.45) is 1.36. The van der Waals surface area contributed by atoms with Crippen molar-refractivity contribution in [1.29, 1.82) is 0 Å². The molecule has 28 heavy (non-hydrogen) atoms. The number of aromatic nitrogens is 1. The lowest BCUT2D eigenvalue weighted by atomic mass is 10.2. The first kappa shape index (κ1) is 20.8. The van der Waals surface area contributed by atoms with Gasteiger partial charge >= 0.3 is 0 Å². The molecule has 11 heteroatoms. The van der Waals surface area contributed by atoms with Crippen molar-refractivity contribution in [2.24, 2.45) is 0 Å². The van der Waals surface area contributed by atoms with E-state index >= 15 is 0 Å². The van der Waals surface area contributed by atoms with Crippen LogP contribution < -0.4 is 10.6 Å². The lowest BCUT2D eigenvalue weighted by Gasteiger charge is -2.13. The third kappa shape index (κ3) is 4.37. The molecule has 3 rings (SSSR count). The van der Waals surface area contributed by atoms with Crippen molar-refractivity contribution < 1.29 is 14.0 Å². The van der Waals surface area contributed by atoms with E-state index in [9.17, 15) is 9.59 Å². The molecule has 144 valence electrons. The Hall–Kier alpha value is -1.96. The molecule has 0 aliphatic carbocycles. The van der Waals surface area contributed by atoms with Crippen LogP contribution in [0.15, 0.2) is 41.0 Å². The Balaban J connectivity index is 1.91. The van der Waals surface area contributed by atoms with E-state index in [2.05, 4.69) is 15.6 Å². The van der Waals surface area contributed by atoms with Crippen LogP contribution in [-0.2, 0) is 0 Å². The number of halogens is 5. The van der Waals surface area contributed by atoms with Crippen molar-refractivity contribution in [2.45, 2.75) is 0 Å². The summed E-state index contributed by atoms with van der Waals surface area (Å²) in [5.74, 6) is -1.17. The molecule has 0 aliphatic heterocycles. The highest BCUT2D eigenvalue weighted by atomic mass is 35.5. The summed E-state index contributed by atoms with van der Waals surface area (Å²) in [7, 11) is 0. The van der Waals surface area contributed by atoms with Crippen molar-refractivity contribution in [3.8, 4) is 0 Å². The van der Waals surface area contributed by atoms with Crippen LogP contribution in [0.25, 0.3) is 0 Å². The second-order valence-corrected chi connectivity index (χ2v) is 7.20. The number of hydrogen-bond donors (Lipinski definition) is 2. The van der Waals surface area contributed by atoms with E-state index in [-0.39, 0.29) is 43.0 Å². The molecule has 0 saturated heterocycles. The van der Waals surface area contributed by atoms with Gasteiger partial charge in [0.25, 0.3) is 11.8 Å². The molecular weight excluding hydrogens is 471 g/mol. The fourth-order valence-electron chi connectivity index (χ4n) is 2.14. The molecule has 2 aromatic heterocycles. The average Bonchev–Trinajstić information content (AvgIpc) is 3.20. The molecule has 6 nitrogen and oxygen atoms in total. The largest absolute Gasteiger partial charge is 0.459 e. The summed E-state index contributed by atoms with van der Waals surface area (Å²) < 4.78 is 5.04. The Bertz CT molecular complexity index is 1070. The van der Waals surface area contributed by atoms with Crippen LogP contribution in [0.2, 0.25) is 25.2 Å². The smallest absolute Gasteiger partial charge is 0.291 e. The Morgan fingerprint density at radius 1 is 0.857 bits per heavy atom. The molecule has 3 aromatic rings. The second kappa shape index (κ2) is 8.59. The van der Waals surface area contributed by atoms with Crippen LogP contribution in [0.1, 0.15) is 21.0 Å². The molecule has 0 aliphatic rings. The molecule has 0 spiro atoms. The van der Waals surface area contributed by atoms with E-state index in [1.807, 2.05) is 0 Å². The quantitative estimate of drug-likeness (QED) is 0.422. The number of rotatable bonds is 4. The predicted molar refractivity (Wildman–Crippen MR) is 110 cm³/mol. The van der Waals surface area contributed by atoms with Crippen molar-refractivity contribution >= 4 is 81.2 Å². The molecule has 2 amide bonds. The van der Waals surface area contributed by atoms with Gasteiger partial charge in [-0.2, -0.15) is 0 Å². The van der Waals surface area contributed by atoms with Crippen molar-refractivity contribution in [2.75, 3.05) is 10.6 Å². The normalized spacial score (nSPS) is 10.6. The van der Waals surface area contributed by atoms with E-state index in [4.69, 9.17) is 62.4 Å². The van der Waals surface area contributed by atoms with Gasteiger partial charge in [0, 0.05) is 5.02 Å². The maximum atomic E-state index is 12.6. The zero-order valence-electron chi connectivity index (χ0n) is 13.5. The fraction of sp³-hybridized carbons (Fsp3) is 0. The number of nitrogens with one attached hydrogen (secondary N) is 2. The third-order valence-corrected chi connectivity index (χ3v) is 5.34. The topological polar surface area (TPSA) is 84.2 Å². The molecule has 0 fully saturated rings. The summed E-state index contributed by atoms with van der Waals surface area (Å²) >= 11 is 29.7. The van der Waals surface area contributed by atoms with E-state index in [1.165, 1.54) is 30.5 Å². The number of anilines is 2. The summed E-state index contributed by atoms with van der Waals surface area (Å²) in [6.45, 7) is 0. The first-order chi connectivity index (χ1) is 13.3. The maximum Gasteiger partial charge on any atom is 0.291 e. The minimum Gasteiger partial charge on any atom is -0.459 e. The molecule has 0 unspecified atom stereocenters. The highest BCUT2D eigenvalue weighted by Crippen LogP contribution is 2.36. The maximum absolute atomic E-state index is 12.6. The molecule has 2 heterocycles. The SMILES string of the molecule is O=C(Nc1cc(Cl)ccc1NC(=O)c1nc(Cl)c(Cl)c(Cl)c1Cl)c1ccco1. The van der Waals surface area contributed by atoms with Gasteiger partial charge in [0.1, 0.15) is 10.8 Å². The summed E-state index contributed by atoms with van der Waals surface area (Å²) in [6, 6.07) is 7.52. The van der Waals surface area contributed by atoms with Crippen molar-refractivity contribution in [3.05, 3.63) is 73.3 Å². The van der Waals surface area contributed by atoms with Crippen LogP contribution >= 0.6 is 58.0 Å². The number of furan rings is 1. The van der Waals surface area contributed by atoms with Gasteiger partial charge in [0.2, 0.25) is 0 Å². The van der Waals surface area contributed by atoms with E-state index in [1.54, 1.807) is 6.07 Å². The van der Waals surface area contributed by atoms with Crippen LogP contribution in [0.5, 0.6) is 0 Å². The van der Waals surface area contributed by atoms with Crippen LogP contribution in [0.3, 0.4) is 0 Å². The summed E-state index contributed by atoms with van der Waals surface area (Å²) in [5, 5.41) is 4.99. The van der Waals surface area contributed by atoms with E-state index < -0.39 is 11.8 Å². The predicted octanol–water partition coefficient (Wildman–Crippen LogP) is 6.45. The number of nitrogens with zero attached hydrogens (tertiary/aromatic N) is 1. The number of amides is 2. The highest BCUT2D eigenvalue weighted by molar-refractivity contribution is 6.52. The Morgan fingerprint density at radius 3 is 2.25 bits per heavy atom. The standard InChI is InChI=1S/C17H8Cl5N3O3/c18-7-3-4-8(9(6-7)24-16(26)10-2-1-5-28-10)23-17(27)14-12(20)11(19)13(21)15(22)25-14/h1-6H,(H,23,27)(H,24,26). The number of hydrogen-bond acceptors (Lipinski definition) is 4. The van der Waals surface area contributed by atoms with Crippen molar-refractivity contribution in [1.82, 2.24) is 4.98 Å². The third-order valence-electron chi connectivity index (χ3n) is 3.42. The fourth-order valence-corrected chi connectivity index (χ4v) is 3.13. The van der Waals surface area contributed by atoms with Crippen LogP contribution in [0.4, 0.5) is 11.4 Å². The molecule has 0 radical (unpaired) electrons. The minimum atomic E-state index is -0.721. The zero-order valence-corrected chi connectivity index (χ0v) is 17.3. The average molecular weight is 480 g/mol. The molecule has 0 atom stereocenters. The molecule has 1 aromatic carbocycles. The first-order valence-electron chi connectivity index (χ1n) is 7.43. The monoisotopic (exact) mass is 477 g/mol. The number of benzene rings is 1. The number of pyridine rings is 1. The molecule has 0 bridgehead atoms. The van der Waals surface area contributed by atoms with Crippen molar-refractivity contribution in [3.63, 3.8) is 0 Å². The van der Waals surface area contributed by atoms with Crippen LogP contribution in [-0.4, -0.2) is 16.8 Å². The zero-order chi connectivity index (χ0) is 20.4. The highest BCUT2D eigenvalue weighted by Gasteiger charge is 2.21. The lowest BCUT2D eigenvalue weighted by Crippen LogP contribution is -2.18. The van der Waals surface area contributed by atoms with E-state index in [0.29, 0.717) is 5.02 Å². The second-order valence-electron chi connectivity index (χ2n) is 5.27. The number of carbonyl (C=O) groups excluding carboxylic acids is 2. The Kier molecular flexibility index (Phi) is 6.37. The summed E-state index contributed by atoms with van der Waals surface area (Å²) in [4.78, 5) is 28.7. The summed E-state index contributed by atoms with van der Waals surface area (Å²) in [5.41, 5.74) is 0.221. The number of carbonyl (C=O) groups is 2. The van der Waals surface area contributed by atoms with Gasteiger partial charge in [-0.15, -0.1) is 0 Å². The van der Waals surface area contributed by atoms with Gasteiger partial charge in [-0.25, -0.2) is 4.98 Å². The molecule has 0 saturated carbocycles. The molecule has 2 N–H and O–H groups in total. The first-order valence-corrected chi connectivity index (χ1v) is 9.32. The lowest BCUT2D eigenvalue weighted by molar-refractivity contribution is 0.0992. The van der Waals surface area contributed by atoms with Gasteiger partial charge < -0.3 is 15.1 Å². The van der Waals surface area contributed by atoms with Gasteiger partial charge in [0.05, 0.1) is 32.7 Å². The molecular formula is C17H8Cl5N3O3. The Morgan fingerprint density at radius 2 is 1.57 bits per heavy atom. The van der Waals surface area contributed by atoms with Gasteiger partial charge in [-0.05, 0) is 30.3 Å².